The average molecular weight is 319 g/mol. The number of hydrogen-bond acceptors (Lipinski definition) is 2. The van der Waals surface area contributed by atoms with Crippen LogP contribution in [0.15, 0.2) is 24.3 Å². The largest absolute Gasteiger partial charge is 0.481 e. The Kier molecular flexibility index (Phi) is 7.79. The molecule has 0 aliphatic heterocycles. The highest BCUT2D eigenvalue weighted by Gasteiger charge is 2.25. The van der Waals surface area contributed by atoms with E-state index in [0.29, 0.717) is 24.6 Å². The van der Waals surface area contributed by atoms with Crippen molar-refractivity contribution in [1.29, 1.82) is 0 Å². The first kappa shape index (κ1) is 19.2. The van der Waals surface area contributed by atoms with Crippen LogP contribution in [0.25, 0.3) is 0 Å². The highest BCUT2D eigenvalue weighted by atomic mass is 16.4. The summed E-state index contributed by atoms with van der Waals surface area (Å²) in [5.74, 6) is -1.39. The van der Waals surface area contributed by atoms with Crippen LogP contribution >= 0.6 is 0 Å². The highest BCUT2D eigenvalue weighted by molar-refractivity contribution is 5.85. The number of hydrogen-bond donors (Lipinski definition) is 1. The zero-order chi connectivity index (χ0) is 17.4. The normalized spacial score (nSPS) is 12.2. The van der Waals surface area contributed by atoms with Crippen molar-refractivity contribution in [2.75, 3.05) is 13.1 Å². The van der Waals surface area contributed by atoms with Gasteiger partial charge in [0, 0.05) is 19.5 Å². The molecule has 1 atom stereocenters. The lowest BCUT2D eigenvalue weighted by Gasteiger charge is -2.23. The minimum atomic E-state index is -0.941. The summed E-state index contributed by atoms with van der Waals surface area (Å²) in [5.41, 5.74) is 1.87. The molecule has 0 bridgehead atoms. The fourth-order valence-corrected chi connectivity index (χ4v) is 2.67. The van der Waals surface area contributed by atoms with Crippen LogP contribution in [0.1, 0.15) is 69.9 Å². The minimum Gasteiger partial charge on any atom is -0.481 e. The highest BCUT2D eigenvalue weighted by Crippen LogP contribution is 2.24. The monoisotopic (exact) mass is 319 g/mol. The van der Waals surface area contributed by atoms with Crippen molar-refractivity contribution in [3.63, 3.8) is 0 Å². The molecule has 1 amide bonds. The molecule has 0 saturated carbocycles. The zero-order valence-electron chi connectivity index (χ0n) is 14.7. The number of aliphatic carboxylic acids is 1. The van der Waals surface area contributed by atoms with Crippen molar-refractivity contribution in [3.05, 3.63) is 35.4 Å². The molecule has 1 aromatic carbocycles. The molecule has 1 aromatic rings. The number of nitrogens with zero attached hydrogens (tertiary/aromatic N) is 1. The number of carboxylic acid groups (broad SMARTS) is 1. The zero-order valence-corrected chi connectivity index (χ0v) is 14.7. The van der Waals surface area contributed by atoms with Gasteiger partial charge in [0.15, 0.2) is 0 Å². The molecule has 0 fully saturated rings. The van der Waals surface area contributed by atoms with Gasteiger partial charge < -0.3 is 10.0 Å². The van der Waals surface area contributed by atoms with E-state index in [2.05, 4.69) is 13.8 Å². The molecule has 1 rings (SSSR count). The summed E-state index contributed by atoms with van der Waals surface area (Å²) in [4.78, 5) is 25.8. The van der Waals surface area contributed by atoms with Gasteiger partial charge in [-0.05, 0) is 29.9 Å². The fraction of sp³-hybridized carbons (Fsp3) is 0.579. The summed E-state index contributed by atoms with van der Waals surface area (Å²) in [6, 6.07) is 7.59. The maximum Gasteiger partial charge on any atom is 0.311 e. The van der Waals surface area contributed by atoms with Crippen LogP contribution in [-0.2, 0) is 9.59 Å². The second kappa shape index (κ2) is 9.33. The van der Waals surface area contributed by atoms with Crippen molar-refractivity contribution >= 4 is 11.9 Å². The third-order valence-corrected chi connectivity index (χ3v) is 4.02. The van der Waals surface area contributed by atoms with Gasteiger partial charge in [0.05, 0.1) is 5.92 Å². The molecular formula is C19H29NO3. The van der Waals surface area contributed by atoms with Gasteiger partial charge in [-0.2, -0.15) is 0 Å². The van der Waals surface area contributed by atoms with Gasteiger partial charge in [-0.25, -0.2) is 0 Å². The predicted octanol–water partition coefficient (Wildman–Crippen LogP) is 4.02. The Labute approximate surface area is 139 Å². The lowest BCUT2D eigenvalue weighted by Crippen LogP contribution is -2.34. The number of carbonyl (C=O) groups is 2. The van der Waals surface area contributed by atoms with Crippen molar-refractivity contribution in [2.45, 2.75) is 58.8 Å². The van der Waals surface area contributed by atoms with Crippen LogP contribution in [0.4, 0.5) is 0 Å². The Hall–Kier alpha value is -1.84. The topological polar surface area (TPSA) is 57.6 Å². The van der Waals surface area contributed by atoms with Gasteiger partial charge in [-0.3, -0.25) is 9.59 Å². The Bertz CT molecular complexity index is 502. The molecule has 0 saturated heterocycles. The fourth-order valence-electron chi connectivity index (χ4n) is 2.67. The van der Waals surface area contributed by atoms with E-state index in [9.17, 15) is 14.7 Å². The van der Waals surface area contributed by atoms with Crippen molar-refractivity contribution < 1.29 is 14.7 Å². The standard InChI is InChI=1S/C19H29NO3/c1-5-11-20(12-6-2)18(21)13-17(19(22)23)16-9-7-15(8-10-16)14(3)4/h7-10,14,17H,5-6,11-13H2,1-4H3,(H,22,23). The molecule has 1 unspecified atom stereocenters. The van der Waals surface area contributed by atoms with Crippen LogP contribution in [0, 0.1) is 0 Å². The molecule has 23 heavy (non-hydrogen) atoms. The van der Waals surface area contributed by atoms with Crippen LogP contribution < -0.4 is 0 Å². The SMILES string of the molecule is CCCN(CCC)C(=O)CC(C(=O)O)c1ccc(C(C)C)cc1. The van der Waals surface area contributed by atoms with Gasteiger partial charge in [-0.15, -0.1) is 0 Å². The van der Waals surface area contributed by atoms with Crippen molar-refractivity contribution in [1.82, 2.24) is 4.90 Å². The van der Waals surface area contributed by atoms with Gasteiger partial charge in [0.2, 0.25) is 5.91 Å². The maximum atomic E-state index is 12.4. The first-order valence-electron chi connectivity index (χ1n) is 8.51. The molecule has 4 heteroatoms. The first-order chi connectivity index (χ1) is 10.9. The molecule has 0 radical (unpaired) electrons. The van der Waals surface area contributed by atoms with E-state index in [1.165, 1.54) is 5.56 Å². The molecule has 0 aliphatic carbocycles. The number of carboxylic acids is 1. The van der Waals surface area contributed by atoms with Crippen molar-refractivity contribution in [2.24, 2.45) is 0 Å². The second-order valence-electron chi connectivity index (χ2n) is 6.30. The smallest absolute Gasteiger partial charge is 0.311 e. The van der Waals surface area contributed by atoms with E-state index >= 15 is 0 Å². The Morgan fingerprint density at radius 2 is 1.48 bits per heavy atom. The summed E-state index contributed by atoms with van der Waals surface area (Å²) in [7, 11) is 0. The van der Waals surface area contributed by atoms with Gasteiger partial charge in [0.1, 0.15) is 0 Å². The minimum absolute atomic E-state index is 0.0242. The average Bonchev–Trinajstić information content (AvgIpc) is 2.52. The molecular weight excluding hydrogens is 290 g/mol. The molecule has 1 N–H and O–H groups in total. The molecule has 0 spiro atoms. The van der Waals surface area contributed by atoms with E-state index in [0.717, 1.165) is 12.8 Å². The molecule has 128 valence electrons. The van der Waals surface area contributed by atoms with Crippen LogP contribution in [0.3, 0.4) is 0 Å². The molecule has 4 nitrogen and oxygen atoms in total. The molecule has 0 heterocycles. The summed E-state index contributed by atoms with van der Waals surface area (Å²) < 4.78 is 0. The maximum absolute atomic E-state index is 12.4. The van der Waals surface area contributed by atoms with E-state index in [1.807, 2.05) is 38.1 Å². The van der Waals surface area contributed by atoms with Crippen molar-refractivity contribution in [3.8, 4) is 0 Å². The van der Waals surface area contributed by atoms with Crippen LogP contribution in [0.2, 0.25) is 0 Å². The Morgan fingerprint density at radius 1 is 1.00 bits per heavy atom. The third kappa shape index (κ3) is 5.70. The van der Waals surface area contributed by atoms with E-state index in [-0.39, 0.29) is 12.3 Å². The van der Waals surface area contributed by atoms with E-state index < -0.39 is 11.9 Å². The Balaban J connectivity index is 2.89. The quantitative estimate of drug-likeness (QED) is 0.748. The number of carbonyl (C=O) groups excluding carboxylic acids is 1. The van der Waals surface area contributed by atoms with Gasteiger partial charge in [-0.1, -0.05) is 52.0 Å². The third-order valence-electron chi connectivity index (χ3n) is 4.02. The van der Waals surface area contributed by atoms with E-state index in [4.69, 9.17) is 0 Å². The number of rotatable bonds is 9. The van der Waals surface area contributed by atoms with Gasteiger partial charge in [0.25, 0.3) is 0 Å². The van der Waals surface area contributed by atoms with Crippen LogP contribution in [0.5, 0.6) is 0 Å². The number of benzene rings is 1. The summed E-state index contributed by atoms with van der Waals surface area (Å²) >= 11 is 0. The summed E-state index contributed by atoms with van der Waals surface area (Å²) in [5, 5.41) is 9.52. The second-order valence-corrected chi connectivity index (χ2v) is 6.30. The lowest BCUT2D eigenvalue weighted by atomic mass is 9.92. The van der Waals surface area contributed by atoms with E-state index in [1.54, 1.807) is 4.90 Å². The summed E-state index contributed by atoms with van der Waals surface area (Å²) in [6.07, 6.45) is 1.79. The molecule has 0 aliphatic rings. The first-order valence-corrected chi connectivity index (χ1v) is 8.51. The predicted molar refractivity (Wildman–Crippen MR) is 92.7 cm³/mol. The lowest BCUT2D eigenvalue weighted by molar-refractivity contribution is -0.142. The Morgan fingerprint density at radius 3 is 1.87 bits per heavy atom. The van der Waals surface area contributed by atoms with Gasteiger partial charge >= 0.3 is 5.97 Å². The number of amides is 1. The van der Waals surface area contributed by atoms with Crippen LogP contribution in [-0.4, -0.2) is 35.0 Å². The molecule has 0 aromatic heterocycles. The summed E-state index contributed by atoms with van der Waals surface area (Å²) in [6.45, 7) is 9.61.